The number of carbonyl (C=O) groups is 3. The third-order valence-electron chi connectivity index (χ3n) is 4.10. The lowest BCUT2D eigenvalue weighted by Crippen LogP contribution is -2.49. The molecular weight excluding hydrogens is 432 g/mol. The minimum Gasteiger partial charge on any atom is -0.370 e. The molecule has 30 heavy (non-hydrogen) atoms. The number of rotatable bonds is 9. The van der Waals surface area contributed by atoms with Crippen LogP contribution in [-0.4, -0.2) is 38.7 Å². The number of primary amides is 1. The van der Waals surface area contributed by atoms with Crippen LogP contribution in [0.5, 0.6) is 0 Å². The Balaban J connectivity index is 1.95. The van der Waals surface area contributed by atoms with Gasteiger partial charge < -0.3 is 16.4 Å². The van der Waals surface area contributed by atoms with E-state index in [4.69, 9.17) is 22.5 Å². The Morgan fingerprint density at radius 2 is 1.60 bits per heavy atom. The summed E-state index contributed by atoms with van der Waals surface area (Å²) in [6.45, 7) is 0.194. The number of hydrogen-bond acceptors (Lipinski definition) is 5. The molecule has 160 valence electrons. The van der Waals surface area contributed by atoms with Crippen molar-refractivity contribution in [3.8, 4) is 0 Å². The van der Waals surface area contributed by atoms with Crippen LogP contribution in [0.15, 0.2) is 53.4 Å². The fraction of sp³-hybridized carbons (Fsp3) is 0.211. The summed E-state index contributed by atoms with van der Waals surface area (Å²) >= 11 is 5.79. The highest BCUT2D eigenvalue weighted by atomic mass is 35.5. The van der Waals surface area contributed by atoms with Gasteiger partial charge in [0.1, 0.15) is 6.04 Å². The van der Waals surface area contributed by atoms with Crippen molar-refractivity contribution in [1.82, 2.24) is 10.6 Å². The third-order valence-corrected chi connectivity index (χ3v) is 5.28. The third kappa shape index (κ3) is 7.14. The molecule has 9 nitrogen and oxygen atoms in total. The van der Waals surface area contributed by atoms with Gasteiger partial charge in [0.05, 0.1) is 11.3 Å². The molecule has 0 fully saturated rings. The molecule has 0 bridgehead atoms. The number of carbonyl (C=O) groups excluding carboxylic acids is 3. The van der Waals surface area contributed by atoms with Crippen LogP contribution >= 0.6 is 11.6 Å². The van der Waals surface area contributed by atoms with Gasteiger partial charge in [-0.3, -0.25) is 14.4 Å². The number of nitrogens with one attached hydrogen (secondary N) is 2. The molecule has 11 heteroatoms. The molecule has 0 saturated carbocycles. The van der Waals surface area contributed by atoms with Gasteiger partial charge in [0, 0.05) is 17.1 Å². The van der Waals surface area contributed by atoms with E-state index in [2.05, 4.69) is 10.6 Å². The SMILES string of the molecule is NC(=O)C[C@H](NC(=O)c1ccc(Cl)cc1)C(=O)NCCc1ccc(S(N)(=O)=O)cc1. The number of hydrogen-bond donors (Lipinski definition) is 4. The molecule has 1 atom stereocenters. The van der Waals surface area contributed by atoms with E-state index >= 15 is 0 Å². The smallest absolute Gasteiger partial charge is 0.251 e. The summed E-state index contributed by atoms with van der Waals surface area (Å²) in [5.41, 5.74) is 6.23. The number of halogens is 1. The van der Waals surface area contributed by atoms with Crippen LogP contribution in [0.4, 0.5) is 0 Å². The minimum atomic E-state index is -3.77. The van der Waals surface area contributed by atoms with E-state index in [0.717, 1.165) is 5.56 Å². The summed E-state index contributed by atoms with van der Waals surface area (Å²) in [5, 5.41) is 10.6. The molecule has 2 rings (SSSR count). The van der Waals surface area contributed by atoms with Crippen LogP contribution in [0, 0.1) is 0 Å². The second-order valence-corrected chi connectivity index (χ2v) is 8.43. The van der Waals surface area contributed by atoms with Gasteiger partial charge in [-0.15, -0.1) is 0 Å². The fourth-order valence-corrected chi connectivity index (χ4v) is 3.19. The Morgan fingerprint density at radius 3 is 2.13 bits per heavy atom. The summed E-state index contributed by atoms with van der Waals surface area (Å²) < 4.78 is 22.5. The average Bonchev–Trinajstić information content (AvgIpc) is 2.67. The molecule has 0 radical (unpaired) electrons. The molecule has 0 aliphatic rings. The molecule has 0 unspecified atom stereocenters. The van der Waals surface area contributed by atoms with Gasteiger partial charge in [-0.1, -0.05) is 23.7 Å². The molecule has 6 N–H and O–H groups in total. The van der Waals surface area contributed by atoms with Gasteiger partial charge >= 0.3 is 0 Å². The highest BCUT2D eigenvalue weighted by molar-refractivity contribution is 7.89. The normalized spacial score (nSPS) is 12.1. The first-order valence-corrected chi connectivity index (χ1v) is 10.7. The number of sulfonamides is 1. The molecule has 0 aromatic heterocycles. The maximum atomic E-state index is 12.4. The Kier molecular flexibility index (Phi) is 7.93. The van der Waals surface area contributed by atoms with Crippen molar-refractivity contribution < 1.29 is 22.8 Å². The molecule has 3 amide bonds. The van der Waals surface area contributed by atoms with Crippen LogP contribution in [0.25, 0.3) is 0 Å². The number of nitrogens with two attached hydrogens (primary N) is 2. The quantitative estimate of drug-likeness (QED) is 0.430. The molecule has 0 saturated heterocycles. The maximum Gasteiger partial charge on any atom is 0.251 e. The summed E-state index contributed by atoms with van der Waals surface area (Å²) in [7, 11) is -3.77. The second kappa shape index (κ2) is 10.2. The van der Waals surface area contributed by atoms with Gasteiger partial charge in [-0.2, -0.15) is 0 Å². The highest BCUT2D eigenvalue weighted by Crippen LogP contribution is 2.10. The Labute approximate surface area is 178 Å². The lowest BCUT2D eigenvalue weighted by molar-refractivity contribution is -0.126. The predicted octanol–water partition coefficient (Wildman–Crippen LogP) is 0.320. The molecule has 2 aromatic carbocycles. The van der Waals surface area contributed by atoms with Gasteiger partial charge in [0.15, 0.2) is 0 Å². The van der Waals surface area contributed by atoms with E-state index in [1.54, 1.807) is 12.1 Å². The van der Waals surface area contributed by atoms with Crippen molar-refractivity contribution in [2.75, 3.05) is 6.54 Å². The van der Waals surface area contributed by atoms with E-state index in [9.17, 15) is 22.8 Å². The summed E-state index contributed by atoms with van der Waals surface area (Å²) in [5.74, 6) is -1.87. The van der Waals surface area contributed by atoms with Crippen molar-refractivity contribution in [1.29, 1.82) is 0 Å². The predicted molar refractivity (Wildman–Crippen MR) is 111 cm³/mol. The molecule has 0 aliphatic carbocycles. The van der Waals surface area contributed by atoms with Gasteiger partial charge in [0.2, 0.25) is 21.8 Å². The van der Waals surface area contributed by atoms with Crippen LogP contribution in [-0.2, 0) is 26.0 Å². The Morgan fingerprint density at radius 1 is 1.00 bits per heavy atom. The molecule has 0 aliphatic heterocycles. The van der Waals surface area contributed by atoms with Crippen molar-refractivity contribution in [2.45, 2.75) is 23.8 Å². The number of amides is 3. The summed E-state index contributed by atoms with van der Waals surface area (Å²) in [6.07, 6.45) is 0.0271. The van der Waals surface area contributed by atoms with Crippen LogP contribution < -0.4 is 21.5 Å². The van der Waals surface area contributed by atoms with Gasteiger partial charge in [-0.05, 0) is 48.4 Å². The van der Waals surface area contributed by atoms with Gasteiger partial charge in [-0.25, -0.2) is 13.6 Å². The second-order valence-electron chi connectivity index (χ2n) is 6.43. The average molecular weight is 453 g/mol. The van der Waals surface area contributed by atoms with E-state index in [1.165, 1.54) is 36.4 Å². The number of primary sulfonamides is 1. The lowest BCUT2D eigenvalue weighted by Gasteiger charge is -2.17. The highest BCUT2D eigenvalue weighted by Gasteiger charge is 2.23. The standard InChI is InChI=1S/C19H21ClN4O5S/c20-14-5-3-13(4-6-14)18(26)24-16(11-17(21)25)19(27)23-10-9-12-1-7-15(8-2-12)30(22,28)29/h1-8,16H,9-11H2,(H2,21,25)(H,23,27)(H,24,26)(H2,22,28,29)/t16-/m0/s1. The van der Waals surface area contributed by atoms with E-state index in [1.807, 2.05) is 0 Å². The van der Waals surface area contributed by atoms with Crippen LogP contribution in [0.1, 0.15) is 22.3 Å². The molecule has 2 aromatic rings. The van der Waals surface area contributed by atoms with Crippen LogP contribution in [0.3, 0.4) is 0 Å². The first-order valence-electron chi connectivity index (χ1n) is 8.80. The zero-order valence-corrected chi connectivity index (χ0v) is 17.4. The first-order chi connectivity index (χ1) is 14.1. The van der Waals surface area contributed by atoms with Gasteiger partial charge in [0.25, 0.3) is 5.91 Å². The molecule has 0 spiro atoms. The van der Waals surface area contributed by atoms with Crippen LogP contribution in [0.2, 0.25) is 5.02 Å². The topological polar surface area (TPSA) is 161 Å². The van der Waals surface area contributed by atoms with E-state index < -0.39 is 33.8 Å². The molecular formula is C19H21ClN4O5S. The maximum absolute atomic E-state index is 12.4. The lowest BCUT2D eigenvalue weighted by atomic mass is 10.1. The van der Waals surface area contributed by atoms with E-state index in [0.29, 0.717) is 11.4 Å². The first kappa shape index (κ1) is 23.3. The monoisotopic (exact) mass is 452 g/mol. The summed E-state index contributed by atoms with van der Waals surface area (Å²) in [4.78, 5) is 36.0. The minimum absolute atomic E-state index is 0.0123. The fourth-order valence-electron chi connectivity index (χ4n) is 2.55. The zero-order valence-electron chi connectivity index (χ0n) is 15.8. The van der Waals surface area contributed by atoms with E-state index in [-0.39, 0.29) is 23.4 Å². The van der Waals surface area contributed by atoms with Crippen molar-refractivity contribution in [3.63, 3.8) is 0 Å². The largest absolute Gasteiger partial charge is 0.370 e. The zero-order chi connectivity index (χ0) is 22.3. The van der Waals surface area contributed by atoms with Crippen molar-refractivity contribution >= 4 is 39.3 Å². The Hall–Kier alpha value is -2.95. The van der Waals surface area contributed by atoms with Crippen molar-refractivity contribution in [3.05, 3.63) is 64.7 Å². The van der Waals surface area contributed by atoms with Crippen molar-refractivity contribution in [2.24, 2.45) is 10.9 Å². The summed E-state index contributed by atoms with van der Waals surface area (Å²) in [6, 6.07) is 10.8. The number of benzene rings is 2. The molecule has 0 heterocycles. The Bertz CT molecular complexity index is 1020.